The number of carbonyl (C=O) groups excluding carboxylic acids is 2. The number of benzene rings is 2. The van der Waals surface area contributed by atoms with Gasteiger partial charge in [-0.2, -0.15) is 0 Å². The minimum Gasteiger partial charge on any atom is -0.480 e. The van der Waals surface area contributed by atoms with Crippen LogP contribution < -0.4 is 16.6 Å². The topological polar surface area (TPSA) is 134 Å². The van der Waals surface area contributed by atoms with Gasteiger partial charge < -0.3 is 20.2 Å². The molecule has 0 bridgehead atoms. The standard InChI is InChI=1S/C29H29ClFN5O6/c1-17(27(39)40)36-26(38)21(20-6-4-7-22(31)25(20)30)15-34(29(36)42)16-24(37)33-12-10-19(11-13-33)35-14-9-18-5-2-3-8-23(18)32-28(35)41/h2-8,15,17,19H,9-14,16H2,1H3,(H,32,41)(H,39,40). The molecule has 3 amide bonds. The molecule has 3 heterocycles. The summed E-state index contributed by atoms with van der Waals surface area (Å²) in [6.45, 7) is 1.91. The van der Waals surface area contributed by atoms with Crippen molar-refractivity contribution in [1.82, 2.24) is 18.9 Å². The molecule has 0 spiro atoms. The van der Waals surface area contributed by atoms with Crippen molar-refractivity contribution < 1.29 is 23.9 Å². The van der Waals surface area contributed by atoms with Gasteiger partial charge in [-0.05, 0) is 43.9 Å². The molecular weight excluding hydrogens is 569 g/mol. The molecule has 1 saturated heterocycles. The summed E-state index contributed by atoms with van der Waals surface area (Å²) in [7, 11) is 0. The van der Waals surface area contributed by atoms with Crippen molar-refractivity contribution in [2.75, 3.05) is 25.0 Å². The number of amides is 3. The summed E-state index contributed by atoms with van der Waals surface area (Å²) in [6.07, 6.45) is 2.88. The SMILES string of the molecule is CC(C(=O)O)n1c(=O)c(-c2cccc(F)c2Cl)cn(CC(=O)N2CCC(N3CCc4ccccc4NC3=O)CC2)c1=O. The number of aromatic nitrogens is 2. The zero-order valence-corrected chi connectivity index (χ0v) is 23.5. The molecule has 1 fully saturated rings. The Morgan fingerprint density at radius 1 is 1.05 bits per heavy atom. The Labute approximate surface area is 244 Å². The molecule has 0 radical (unpaired) electrons. The van der Waals surface area contributed by atoms with Crippen LogP contribution in [0.4, 0.5) is 14.9 Å². The smallest absolute Gasteiger partial charge is 0.332 e. The summed E-state index contributed by atoms with van der Waals surface area (Å²) in [5, 5.41) is 12.1. The average Bonchev–Trinajstić information content (AvgIpc) is 3.14. The highest BCUT2D eigenvalue weighted by Crippen LogP contribution is 2.28. The molecule has 2 N–H and O–H groups in total. The Morgan fingerprint density at radius 2 is 1.76 bits per heavy atom. The van der Waals surface area contributed by atoms with Gasteiger partial charge in [0.2, 0.25) is 5.91 Å². The van der Waals surface area contributed by atoms with E-state index in [-0.39, 0.29) is 28.2 Å². The van der Waals surface area contributed by atoms with Gasteiger partial charge in [0.25, 0.3) is 5.56 Å². The molecule has 11 nitrogen and oxygen atoms in total. The fourth-order valence-electron chi connectivity index (χ4n) is 5.49. The number of aliphatic carboxylic acids is 1. The normalized spacial score (nSPS) is 16.4. The second kappa shape index (κ2) is 11.8. The highest BCUT2D eigenvalue weighted by atomic mass is 35.5. The van der Waals surface area contributed by atoms with Gasteiger partial charge in [0, 0.05) is 43.1 Å². The van der Waals surface area contributed by atoms with Gasteiger partial charge in [-0.25, -0.2) is 23.3 Å². The summed E-state index contributed by atoms with van der Waals surface area (Å²) in [6, 6.07) is 9.63. The van der Waals surface area contributed by atoms with Gasteiger partial charge >= 0.3 is 17.7 Å². The lowest BCUT2D eigenvalue weighted by Gasteiger charge is -2.38. The maximum atomic E-state index is 14.2. The van der Waals surface area contributed by atoms with Crippen LogP contribution in [0.5, 0.6) is 0 Å². The summed E-state index contributed by atoms with van der Waals surface area (Å²) < 4.78 is 15.7. The van der Waals surface area contributed by atoms with Gasteiger partial charge in [0.1, 0.15) is 18.4 Å². The minimum atomic E-state index is -1.56. The van der Waals surface area contributed by atoms with Gasteiger partial charge in [-0.15, -0.1) is 0 Å². The van der Waals surface area contributed by atoms with E-state index in [1.54, 1.807) is 9.80 Å². The Bertz CT molecular complexity index is 1680. The Hall–Kier alpha value is -4.45. The Morgan fingerprint density at radius 3 is 2.48 bits per heavy atom. The Balaban J connectivity index is 1.35. The molecular formula is C29H29ClFN5O6. The third-order valence-corrected chi connectivity index (χ3v) is 8.26. The largest absolute Gasteiger partial charge is 0.480 e. The lowest BCUT2D eigenvalue weighted by molar-refractivity contribution is -0.140. The van der Waals surface area contributed by atoms with Crippen LogP contribution in [0.1, 0.15) is 31.4 Å². The number of urea groups is 1. The van der Waals surface area contributed by atoms with Crippen molar-refractivity contribution in [3.63, 3.8) is 0 Å². The molecule has 13 heteroatoms. The molecule has 220 valence electrons. The van der Waals surface area contributed by atoms with Crippen LogP contribution >= 0.6 is 11.6 Å². The number of carbonyl (C=O) groups is 3. The van der Waals surface area contributed by atoms with Crippen molar-refractivity contribution in [1.29, 1.82) is 0 Å². The van der Waals surface area contributed by atoms with Crippen LogP contribution in [0, 0.1) is 5.82 Å². The van der Waals surface area contributed by atoms with E-state index < -0.39 is 41.5 Å². The lowest BCUT2D eigenvalue weighted by Crippen LogP contribution is -2.51. The highest BCUT2D eigenvalue weighted by Gasteiger charge is 2.32. The summed E-state index contributed by atoms with van der Waals surface area (Å²) in [5.74, 6) is -2.66. The maximum absolute atomic E-state index is 14.2. The lowest BCUT2D eigenvalue weighted by atomic mass is 10.0. The third-order valence-electron chi connectivity index (χ3n) is 7.88. The van der Waals surface area contributed by atoms with Crippen molar-refractivity contribution in [2.45, 2.75) is 44.8 Å². The number of likely N-dealkylation sites (tertiary alicyclic amines) is 1. The zero-order chi connectivity index (χ0) is 30.1. The number of fused-ring (bicyclic) bond motifs is 1. The quantitative estimate of drug-likeness (QED) is 0.448. The number of carboxylic acid groups (broad SMARTS) is 1. The van der Waals surface area contributed by atoms with Crippen LogP contribution in [-0.4, -0.2) is 67.6 Å². The summed E-state index contributed by atoms with van der Waals surface area (Å²) in [5.41, 5.74) is -0.357. The predicted octanol–water partition coefficient (Wildman–Crippen LogP) is 3.20. The highest BCUT2D eigenvalue weighted by molar-refractivity contribution is 6.33. The number of nitrogens with zero attached hydrogens (tertiary/aromatic N) is 4. The van der Waals surface area contributed by atoms with Crippen molar-refractivity contribution in [3.05, 3.63) is 85.9 Å². The van der Waals surface area contributed by atoms with Crippen LogP contribution in [0.3, 0.4) is 0 Å². The first-order valence-electron chi connectivity index (χ1n) is 13.5. The van der Waals surface area contributed by atoms with Crippen molar-refractivity contribution in [2.24, 2.45) is 0 Å². The molecule has 2 aliphatic rings. The minimum absolute atomic E-state index is 0.0344. The maximum Gasteiger partial charge on any atom is 0.332 e. The Kier molecular flexibility index (Phi) is 8.17. The average molecular weight is 598 g/mol. The number of anilines is 1. The van der Waals surface area contributed by atoms with E-state index >= 15 is 0 Å². The molecule has 1 atom stereocenters. The van der Waals surface area contributed by atoms with Crippen molar-refractivity contribution >= 4 is 35.2 Å². The number of rotatable bonds is 6. The van der Waals surface area contributed by atoms with Gasteiger partial charge in [0.15, 0.2) is 0 Å². The number of piperidine rings is 1. The molecule has 3 aromatic rings. The first kappa shape index (κ1) is 29.1. The third kappa shape index (κ3) is 5.54. The molecule has 0 aliphatic carbocycles. The summed E-state index contributed by atoms with van der Waals surface area (Å²) in [4.78, 5) is 67.8. The number of halogens is 2. The fraction of sp³-hybridized carbons (Fsp3) is 0.345. The van der Waals surface area contributed by atoms with E-state index in [0.29, 0.717) is 43.5 Å². The molecule has 2 aromatic carbocycles. The zero-order valence-electron chi connectivity index (χ0n) is 22.8. The number of para-hydroxylation sites is 1. The van der Waals surface area contributed by atoms with Gasteiger partial charge in [0.05, 0.1) is 10.6 Å². The van der Waals surface area contributed by atoms with Crippen LogP contribution in [0.15, 0.2) is 58.3 Å². The van der Waals surface area contributed by atoms with Gasteiger partial charge in [-0.3, -0.25) is 14.2 Å². The molecule has 5 rings (SSSR count). The van der Waals surface area contributed by atoms with E-state index in [0.717, 1.165) is 35.0 Å². The van der Waals surface area contributed by atoms with E-state index in [2.05, 4.69) is 5.32 Å². The van der Waals surface area contributed by atoms with Crippen LogP contribution in [0.25, 0.3) is 11.1 Å². The fourth-order valence-corrected chi connectivity index (χ4v) is 5.72. The van der Waals surface area contributed by atoms with Crippen molar-refractivity contribution in [3.8, 4) is 11.1 Å². The second-order valence-electron chi connectivity index (χ2n) is 10.4. The monoisotopic (exact) mass is 597 g/mol. The first-order chi connectivity index (χ1) is 20.1. The van der Waals surface area contributed by atoms with Crippen LogP contribution in [-0.2, 0) is 22.6 Å². The summed E-state index contributed by atoms with van der Waals surface area (Å²) >= 11 is 6.10. The van der Waals surface area contributed by atoms with E-state index in [9.17, 15) is 33.5 Å². The number of hydrogen-bond acceptors (Lipinski definition) is 5. The molecule has 1 unspecified atom stereocenters. The number of nitrogens with one attached hydrogen (secondary N) is 1. The number of hydrogen-bond donors (Lipinski definition) is 2. The first-order valence-corrected chi connectivity index (χ1v) is 13.9. The molecule has 42 heavy (non-hydrogen) atoms. The van der Waals surface area contributed by atoms with E-state index in [1.807, 2.05) is 24.3 Å². The predicted molar refractivity (Wildman–Crippen MR) is 153 cm³/mol. The number of carboxylic acids is 1. The van der Waals surface area contributed by atoms with E-state index in [4.69, 9.17) is 11.6 Å². The van der Waals surface area contributed by atoms with E-state index in [1.165, 1.54) is 12.1 Å². The van der Waals surface area contributed by atoms with Crippen LogP contribution in [0.2, 0.25) is 5.02 Å². The second-order valence-corrected chi connectivity index (χ2v) is 10.8. The molecule has 1 aromatic heterocycles. The molecule has 2 aliphatic heterocycles. The van der Waals surface area contributed by atoms with Gasteiger partial charge in [-0.1, -0.05) is 41.9 Å². The molecule has 0 saturated carbocycles.